The Morgan fingerprint density at radius 2 is 1.81 bits per heavy atom. The Balaban J connectivity index is 1.30. The molecule has 0 saturated carbocycles. The Morgan fingerprint density at radius 3 is 2.68 bits per heavy atom. The largest absolute Gasteiger partial charge is 0.488 e. The molecule has 1 saturated heterocycles. The van der Waals surface area contributed by atoms with Gasteiger partial charge in [0.25, 0.3) is 0 Å². The maximum atomic E-state index is 14.0. The summed E-state index contributed by atoms with van der Waals surface area (Å²) in [6.07, 6.45) is 3.03. The second kappa shape index (κ2) is 10.00. The van der Waals surface area contributed by atoms with Crippen LogP contribution in [-0.4, -0.2) is 59.1 Å². The molecule has 190 valence electrons. The minimum atomic E-state index is -0.322. The lowest BCUT2D eigenvalue weighted by molar-refractivity contribution is 0.151. The number of fused-ring (bicyclic) bond motifs is 3. The van der Waals surface area contributed by atoms with E-state index in [9.17, 15) is 9.18 Å². The van der Waals surface area contributed by atoms with E-state index in [1.165, 1.54) is 12.1 Å². The van der Waals surface area contributed by atoms with Crippen LogP contribution in [0.2, 0.25) is 0 Å². The first kappa shape index (κ1) is 23.7. The van der Waals surface area contributed by atoms with Gasteiger partial charge >= 0.3 is 5.69 Å². The zero-order valence-corrected chi connectivity index (χ0v) is 21.0. The van der Waals surface area contributed by atoms with Crippen LogP contribution in [0.4, 0.5) is 4.39 Å². The molecule has 0 bridgehead atoms. The molecule has 0 spiro atoms. The summed E-state index contributed by atoms with van der Waals surface area (Å²) in [6, 6.07) is 18.8. The molecule has 6 rings (SSSR count). The number of ether oxygens (including phenoxy) is 1. The molecule has 1 N–H and O–H groups in total. The van der Waals surface area contributed by atoms with Crippen molar-refractivity contribution in [3.8, 4) is 5.75 Å². The second-order valence-corrected chi connectivity index (χ2v) is 10.0. The van der Waals surface area contributed by atoms with Crippen LogP contribution in [0.3, 0.4) is 0 Å². The van der Waals surface area contributed by atoms with E-state index < -0.39 is 0 Å². The number of rotatable bonds is 5. The van der Waals surface area contributed by atoms with Gasteiger partial charge in [-0.1, -0.05) is 30.3 Å². The zero-order chi connectivity index (χ0) is 25.4. The summed E-state index contributed by atoms with van der Waals surface area (Å²) in [6.45, 7) is 6.44. The minimum absolute atomic E-state index is 0.0767. The highest BCUT2D eigenvalue weighted by atomic mass is 19.1. The molecule has 0 radical (unpaired) electrons. The number of piperazine rings is 1. The molecule has 3 aromatic carbocycles. The Kier molecular flexibility index (Phi) is 6.40. The van der Waals surface area contributed by atoms with Crippen molar-refractivity contribution >= 4 is 22.7 Å². The Labute approximate surface area is 215 Å². The van der Waals surface area contributed by atoms with Gasteiger partial charge in [-0.15, -0.1) is 0 Å². The maximum Gasteiger partial charge on any atom is 0.326 e. The number of H-pyrrole nitrogens is 1. The second-order valence-electron chi connectivity index (χ2n) is 10.0. The number of hydrogen-bond donors (Lipinski definition) is 1. The van der Waals surface area contributed by atoms with E-state index in [0.717, 1.165) is 78.0 Å². The summed E-state index contributed by atoms with van der Waals surface area (Å²) < 4.78 is 21.8. The van der Waals surface area contributed by atoms with Crippen molar-refractivity contribution in [3.05, 3.63) is 99.2 Å². The van der Waals surface area contributed by atoms with Crippen molar-refractivity contribution in [2.24, 2.45) is 0 Å². The van der Waals surface area contributed by atoms with Crippen molar-refractivity contribution in [1.29, 1.82) is 0 Å². The summed E-state index contributed by atoms with van der Waals surface area (Å²) in [5.74, 6) is 0.209. The fraction of sp³-hybridized carbons (Fsp3) is 0.300. The Bertz CT molecular complexity index is 1530. The molecule has 37 heavy (non-hydrogen) atoms. The standard InChI is InChI=1S/C30H31FN4O2/c1-33-13-15-34(16-14-33)11-4-12-35-28-10-7-21(18-27(28)32-30(35)36)17-26-24-6-3-2-5-22(24)20-37-29-19-23(31)8-9-25(26)29/h2-3,5-10,17-19H,4,11-16,20H2,1H3,(H,32,36). The first-order valence-corrected chi connectivity index (χ1v) is 12.9. The summed E-state index contributed by atoms with van der Waals surface area (Å²) in [5, 5.41) is 0. The normalized spacial score (nSPS) is 17.4. The minimum Gasteiger partial charge on any atom is -0.488 e. The maximum absolute atomic E-state index is 14.0. The number of halogens is 1. The van der Waals surface area contributed by atoms with Gasteiger partial charge in [0.1, 0.15) is 18.2 Å². The van der Waals surface area contributed by atoms with Gasteiger partial charge in [0, 0.05) is 44.4 Å². The first-order chi connectivity index (χ1) is 18.0. The molecular formula is C30H31FN4O2. The number of nitrogens with zero attached hydrogens (tertiary/aromatic N) is 3. The van der Waals surface area contributed by atoms with Gasteiger partial charge in [-0.2, -0.15) is 0 Å². The predicted molar refractivity (Wildman–Crippen MR) is 145 cm³/mol. The van der Waals surface area contributed by atoms with Crippen LogP contribution < -0.4 is 10.4 Å². The Hall–Kier alpha value is -3.68. The number of aryl methyl sites for hydroxylation is 1. The molecule has 3 heterocycles. The lowest BCUT2D eigenvalue weighted by Gasteiger charge is -2.32. The number of likely N-dealkylation sites (N-methyl/N-ethyl adjacent to an activating group) is 1. The van der Waals surface area contributed by atoms with Crippen LogP contribution in [0.15, 0.2) is 65.5 Å². The van der Waals surface area contributed by atoms with Crippen molar-refractivity contribution in [2.75, 3.05) is 39.8 Å². The van der Waals surface area contributed by atoms with Crippen molar-refractivity contribution in [2.45, 2.75) is 19.6 Å². The topological polar surface area (TPSA) is 53.5 Å². The van der Waals surface area contributed by atoms with E-state index in [0.29, 0.717) is 18.9 Å². The van der Waals surface area contributed by atoms with Crippen molar-refractivity contribution < 1.29 is 9.13 Å². The van der Waals surface area contributed by atoms with Crippen LogP contribution in [0, 0.1) is 5.82 Å². The third-order valence-electron chi connectivity index (χ3n) is 7.49. The van der Waals surface area contributed by atoms with Crippen molar-refractivity contribution in [1.82, 2.24) is 19.4 Å². The highest BCUT2D eigenvalue weighted by Gasteiger charge is 2.20. The van der Waals surface area contributed by atoms with Gasteiger partial charge < -0.3 is 19.5 Å². The third kappa shape index (κ3) is 4.84. The van der Waals surface area contributed by atoms with Gasteiger partial charge in [-0.05, 0) is 72.6 Å². The van der Waals surface area contributed by atoms with Gasteiger partial charge in [0.2, 0.25) is 0 Å². The molecule has 1 aromatic heterocycles. The zero-order valence-electron chi connectivity index (χ0n) is 21.0. The lowest BCUT2D eigenvalue weighted by atomic mass is 9.92. The molecular weight excluding hydrogens is 467 g/mol. The van der Waals surface area contributed by atoms with E-state index >= 15 is 0 Å². The monoisotopic (exact) mass is 498 g/mol. The number of aromatic nitrogens is 2. The van der Waals surface area contributed by atoms with Gasteiger partial charge in [-0.25, -0.2) is 9.18 Å². The van der Waals surface area contributed by atoms with Crippen LogP contribution in [0.25, 0.3) is 22.7 Å². The van der Waals surface area contributed by atoms with Crippen LogP contribution >= 0.6 is 0 Å². The number of aromatic amines is 1. The average Bonchev–Trinajstić information content (AvgIpc) is 3.13. The fourth-order valence-corrected chi connectivity index (χ4v) is 5.39. The Morgan fingerprint density at radius 1 is 0.973 bits per heavy atom. The quantitative estimate of drug-likeness (QED) is 0.438. The van der Waals surface area contributed by atoms with E-state index in [4.69, 9.17) is 4.74 Å². The molecule has 1 fully saturated rings. The molecule has 0 amide bonds. The van der Waals surface area contributed by atoms with E-state index in [-0.39, 0.29) is 11.5 Å². The summed E-state index contributed by atoms with van der Waals surface area (Å²) in [7, 11) is 2.16. The van der Waals surface area contributed by atoms with Crippen LogP contribution in [0.1, 0.15) is 28.7 Å². The molecule has 2 aliphatic heterocycles. The van der Waals surface area contributed by atoms with Gasteiger partial charge in [0.15, 0.2) is 0 Å². The summed E-state index contributed by atoms with van der Waals surface area (Å²) in [4.78, 5) is 20.7. The molecule has 7 heteroatoms. The van der Waals surface area contributed by atoms with E-state index in [1.54, 1.807) is 6.07 Å². The average molecular weight is 499 g/mol. The number of benzene rings is 3. The lowest BCUT2D eigenvalue weighted by Crippen LogP contribution is -2.44. The molecule has 4 aromatic rings. The van der Waals surface area contributed by atoms with Crippen molar-refractivity contribution in [3.63, 3.8) is 0 Å². The van der Waals surface area contributed by atoms with Gasteiger partial charge in [0.05, 0.1) is 11.0 Å². The van der Waals surface area contributed by atoms with Crippen LogP contribution in [-0.2, 0) is 13.2 Å². The number of imidazole rings is 1. The first-order valence-electron chi connectivity index (χ1n) is 12.9. The SMILES string of the molecule is CN1CCN(CCCn2c(=O)[nH]c3cc(C=C4c5ccccc5COc5cc(F)ccc54)ccc32)CC1. The molecule has 0 aliphatic carbocycles. The molecule has 6 nitrogen and oxygen atoms in total. The summed E-state index contributed by atoms with van der Waals surface area (Å²) in [5.41, 5.74) is 6.54. The molecule has 0 atom stereocenters. The van der Waals surface area contributed by atoms with E-state index in [1.807, 2.05) is 41.0 Å². The number of nitrogens with one attached hydrogen (secondary N) is 1. The molecule has 2 aliphatic rings. The van der Waals surface area contributed by atoms with Gasteiger partial charge in [-0.3, -0.25) is 4.57 Å². The third-order valence-corrected chi connectivity index (χ3v) is 7.49. The van der Waals surface area contributed by atoms with E-state index in [2.05, 4.69) is 34.0 Å². The highest BCUT2D eigenvalue weighted by Crippen LogP contribution is 2.38. The fourth-order valence-electron chi connectivity index (χ4n) is 5.39. The smallest absolute Gasteiger partial charge is 0.326 e. The van der Waals surface area contributed by atoms with Crippen LogP contribution in [0.5, 0.6) is 5.75 Å². The summed E-state index contributed by atoms with van der Waals surface area (Å²) >= 11 is 0. The predicted octanol–water partition coefficient (Wildman–Crippen LogP) is 4.59. The number of hydrogen-bond acceptors (Lipinski definition) is 4. The molecule has 0 unspecified atom stereocenters. The highest BCUT2D eigenvalue weighted by molar-refractivity contribution is 5.95.